The van der Waals surface area contributed by atoms with Gasteiger partial charge in [-0.3, -0.25) is 14.7 Å². The van der Waals surface area contributed by atoms with Crippen molar-refractivity contribution in [2.24, 2.45) is 11.3 Å². The summed E-state index contributed by atoms with van der Waals surface area (Å²) in [7, 11) is 1.73. The Morgan fingerprint density at radius 3 is 2.83 bits per heavy atom. The predicted molar refractivity (Wildman–Crippen MR) is 124 cm³/mol. The molecule has 1 amide bonds. The lowest BCUT2D eigenvalue weighted by molar-refractivity contribution is -0.144. The summed E-state index contributed by atoms with van der Waals surface area (Å²) in [6.45, 7) is 3.81. The van der Waals surface area contributed by atoms with E-state index in [2.05, 4.69) is 9.88 Å². The summed E-state index contributed by atoms with van der Waals surface area (Å²) in [4.78, 5) is 22.5. The van der Waals surface area contributed by atoms with E-state index in [0.29, 0.717) is 48.8 Å². The maximum Gasteiger partial charge on any atom is 0.417 e. The average molecular weight is 496 g/mol. The van der Waals surface area contributed by atoms with E-state index in [-0.39, 0.29) is 12.5 Å². The van der Waals surface area contributed by atoms with E-state index >= 15 is 0 Å². The number of carbonyl (C=O) groups excluding carboxylic acids is 1. The topological polar surface area (TPSA) is 54.9 Å². The van der Waals surface area contributed by atoms with E-state index in [1.807, 2.05) is 4.90 Å². The molecule has 0 spiro atoms. The van der Waals surface area contributed by atoms with Gasteiger partial charge in [-0.25, -0.2) is 0 Å². The lowest BCUT2D eigenvalue weighted by atomic mass is 9.78. The molecule has 0 N–H and O–H groups in total. The van der Waals surface area contributed by atoms with Crippen LogP contribution in [0.2, 0.25) is 0 Å². The van der Waals surface area contributed by atoms with Gasteiger partial charge < -0.3 is 14.4 Å². The van der Waals surface area contributed by atoms with Gasteiger partial charge in [0.25, 0.3) is 0 Å². The molecule has 3 unspecified atom stereocenters. The van der Waals surface area contributed by atoms with E-state index in [1.165, 1.54) is 6.07 Å². The van der Waals surface area contributed by atoms with E-state index in [1.54, 1.807) is 7.11 Å². The molecule has 4 aliphatic rings. The SMILES string of the molecule is COCCN(C1CCOCC1)C1CC2CCCC2(C(=O)N2CCc3ncc(C(F)(F)F)cc3C2)C1. The van der Waals surface area contributed by atoms with Crippen LogP contribution in [-0.2, 0) is 33.4 Å². The fraction of sp³-hybridized carbons (Fsp3) is 0.769. The molecule has 2 aliphatic heterocycles. The smallest absolute Gasteiger partial charge is 0.383 e. The molecule has 1 saturated heterocycles. The molecule has 0 aromatic carbocycles. The number of amides is 1. The average Bonchev–Trinajstić information content (AvgIpc) is 3.42. The molecule has 3 heterocycles. The number of pyridine rings is 1. The molecule has 0 radical (unpaired) electrons. The zero-order valence-corrected chi connectivity index (χ0v) is 20.5. The van der Waals surface area contributed by atoms with Crippen LogP contribution >= 0.6 is 0 Å². The summed E-state index contributed by atoms with van der Waals surface area (Å²) in [5.74, 6) is 0.482. The Hall–Kier alpha value is -1.71. The van der Waals surface area contributed by atoms with Crippen molar-refractivity contribution >= 4 is 5.91 Å². The fourth-order valence-electron chi connectivity index (χ4n) is 7.16. The molecule has 1 aromatic heterocycles. The van der Waals surface area contributed by atoms with Crippen molar-refractivity contribution in [2.45, 2.75) is 76.2 Å². The first kappa shape index (κ1) is 25.0. The van der Waals surface area contributed by atoms with Gasteiger partial charge in [0.15, 0.2) is 0 Å². The Bertz CT molecular complexity index is 921. The molecule has 6 nitrogen and oxygen atoms in total. The number of aromatic nitrogens is 1. The van der Waals surface area contributed by atoms with Gasteiger partial charge in [-0.15, -0.1) is 0 Å². The summed E-state index contributed by atoms with van der Waals surface area (Å²) >= 11 is 0. The number of rotatable bonds is 6. The Morgan fingerprint density at radius 2 is 2.09 bits per heavy atom. The molecular weight excluding hydrogens is 459 g/mol. The number of halogens is 3. The molecule has 0 bridgehead atoms. The lowest BCUT2D eigenvalue weighted by Crippen LogP contribution is -2.49. The quantitative estimate of drug-likeness (QED) is 0.596. The van der Waals surface area contributed by atoms with Gasteiger partial charge in [0.05, 0.1) is 17.6 Å². The Kier molecular flexibility index (Phi) is 7.12. The summed E-state index contributed by atoms with van der Waals surface area (Å²) in [6, 6.07) is 1.96. The third-order valence-electron chi connectivity index (χ3n) is 8.88. The van der Waals surface area contributed by atoms with Crippen LogP contribution in [-0.4, -0.2) is 72.8 Å². The van der Waals surface area contributed by atoms with E-state index in [9.17, 15) is 18.0 Å². The van der Waals surface area contributed by atoms with Gasteiger partial charge in [0, 0.05) is 70.4 Å². The van der Waals surface area contributed by atoms with Gasteiger partial charge in [0.2, 0.25) is 5.91 Å². The van der Waals surface area contributed by atoms with Crippen LogP contribution in [0.1, 0.15) is 61.8 Å². The van der Waals surface area contributed by atoms with Crippen molar-refractivity contribution in [2.75, 3.05) is 40.0 Å². The van der Waals surface area contributed by atoms with Gasteiger partial charge in [-0.1, -0.05) is 6.42 Å². The second-order valence-electron chi connectivity index (χ2n) is 10.7. The van der Waals surface area contributed by atoms with E-state index in [0.717, 1.165) is 70.9 Å². The van der Waals surface area contributed by atoms with Crippen LogP contribution in [0.4, 0.5) is 13.2 Å². The molecule has 3 atom stereocenters. The van der Waals surface area contributed by atoms with Crippen molar-refractivity contribution < 1.29 is 27.4 Å². The minimum absolute atomic E-state index is 0.143. The molecule has 2 saturated carbocycles. The summed E-state index contributed by atoms with van der Waals surface area (Å²) in [5.41, 5.74) is 0.0721. The number of carbonyl (C=O) groups is 1. The van der Waals surface area contributed by atoms with Gasteiger partial charge in [-0.2, -0.15) is 13.2 Å². The van der Waals surface area contributed by atoms with Crippen LogP contribution in [0.5, 0.6) is 0 Å². The number of methoxy groups -OCH3 is 1. The first-order valence-electron chi connectivity index (χ1n) is 13.0. The van der Waals surface area contributed by atoms with Crippen LogP contribution < -0.4 is 0 Å². The first-order chi connectivity index (χ1) is 16.8. The van der Waals surface area contributed by atoms with Crippen molar-refractivity contribution in [1.29, 1.82) is 0 Å². The molecule has 9 heteroatoms. The maximum atomic E-state index is 14.1. The number of nitrogens with zero attached hydrogens (tertiary/aromatic N) is 3. The number of alkyl halides is 3. The van der Waals surface area contributed by atoms with Crippen molar-refractivity contribution in [3.8, 4) is 0 Å². The third-order valence-corrected chi connectivity index (χ3v) is 8.88. The molecule has 2 aliphatic carbocycles. The van der Waals surface area contributed by atoms with Gasteiger partial charge >= 0.3 is 6.18 Å². The number of fused-ring (bicyclic) bond motifs is 2. The lowest BCUT2D eigenvalue weighted by Gasteiger charge is -2.40. The van der Waals surface area contributed by atoms with E-state index < -0.39 is 17.2 Å². The standard InChI is InChI=1S/C26H36F3N3O3/c1-34-12-9-32(21-5-10-35-11-6-21)22-14-19-3-2-7-25(19,15-22)24(33)31-8-4-23-18(17-31)13-20(16-30-23)26(27,28)29/h13,16,19,21-22H,2-12,14-15,17H2,1H3. The summed E-state index contributed by atoms with van der Waals surface area (Å²) in [6.07, 6.45) is 3.81. The van der Waals surface area contributed by atoms with Gasteiger partial charge in [-0.05, 0) is 56.1 Å². The largest absolute Gasteiger partial charge is 0.417 e. The monoisotopic (exact) mass is 495 g/mol. The molecule has 194 valence electrons. The molecule has 35 heavy (non-hydrogen) atoms. The number of ether oxygens (including phenoxy) is 2. The van der Waals surface area contributed by atoms with Crippen LogP contribution in [0.15, 0.2) is 12.3 Å². The molecular formula is C26H36F3N3O3. The Morgan fingerprint density at radius 1 is 1.29 bits per heavy atom. The number of hydrogen-bond acceptors (Lipinski definition) is 5. The Labute approximate surface area is 205 Å². The van der Waals surface area contributed by atoms with Crippen molar-refractivity contribution in [3.05, 3.63) is 29.1 Å². The molecule has 3 fully saturated rings. The summed E-state index contributed by atoms with van der Waals surface area (Å²) in [5, 5.41) is 0. The number of hydrogen-bond donors (Lipinski definition) is 0. The fourth-order valence-corrected chi connectivity index (χ4v) is 7.16. The third kappa shape index (κ3) is 4.83. The van der Waals surface area contributed by atoms with Crippen LogP contribution in [0, 0.1) is 11.3 Å². The van der Waals surface area contributed by atoms with Gasteiger partial charge in [0.1, 0.15) is 0 Å². The second kappa shape index (κ2) is 9.98. The van der Waals surface area contributed by atoms with Crippen LogP contribution in [0.3, 0.4) is 0 Å². The minimum atomic E-state index is -4.43. The molecule has 1 aromatic rings. The first-order valence-corrected chi connectivity index (χ1v) is 13.0. The zero-order chi connectivity index (χ0) is 24.6. The zero-order valence-electron chi connectivity index (χ0n) is 20.5. The molecule has 5 rings (SSSR count). The maximum absolute atomic E-state index is 14.1. The minimum Gasteiger partial charge on any atom is -0.383 e. The van der Waals surface area contributed by atoms with Crippen molar-refractivity contribution in [1.82, 2.24) is 14.8 Å². The van der Waals surface area contributed by atoms with E-state index in [4.69, 9.17) is 9.47 Å². The van der Waals surface area contributed by atoms with Crippen molar-refractivity contribution in [3.63, 3.8) is 0 Å². The normalized spacial score (nSPS) is 29.5. The highest BCUT2D eigenvalue weighted by molar-refractivity contribution is 5.84. The van der Waals surface area contributed by atoms with Crippen LogP contribution in [0.25, 0.3) is 0 Å². The Balaban J connectivity index is 1.34. The highest BCUT2D eigenvalue weighted by Gasteiger charge is 2.57. The highest BCUT2D eigenvalue weighted by Crippen LogP contribution is 2.57. The predicted octanol–water partition coefficient (Wildman–Crippen LogP) is 4.06. The summed E-state index contributed by atoms with van der Waals surface area (Å²) < 4.78 is 50.8. The highest BCUT2D eigenvalue weighted by atomic mass is 19.4. The second-order valence-corrected chi connectivity index (χ2v) is 10.7.